The highest BCUT2D eigenvalue weighted by molar-refractivity contribution is 5.45. The fraction of sp³-hybridized carbons (Fsp3) is 0.400. The van der Waals surface area contributed by atoms with Crippen molar-refractivity contribution in [1.29, 1.82) is 0 Å². The van der Waals surface area contributed by atoms with Crippen molar-refractivity contribution in [1.82, 2.24) is 0 Å². The number of hydrogen-bond donors (Lipinski definition) is 1. The molecule has 96 valence electrons. The van der Waals surface area contributed by atoms with Crippen LogP contribution in [0.25, 0.3) is 0 Å². The Morgan fingerprint density at radius 2 is 1.12 bits per heavy atom. The third kappa shape index (κ3) is 5.46. The van der Waals surface area contributed by atoms with E-state index in [1.807, 2.05) is 0 Å². The van der Waals surface area contributed by atoms with Crippen molar-refractivity contribution in [2.24, 2.45) is 0 Å². The summed E-state index contributed by atoms with van der Waals surface area (Å²) in [5.41, 5.74) is 4.62. The minimum atomic E-state index is -4.47. The summed E-state index contributed by atoms with van der Waals surface area (Å²) < 4.78 is 72.5. The van der Waals surface area contributed by atoms with E-state index in [0.29, 0.717) is 0 Å². The van der Waals surface area contributed by atoms with Crippen molar-refractivity contribution >= 4 is 5.69 Å². The van der Waals surface area contributed by atoms with Gasteiger partial charge in [-0.1, -0.05) is 6.07 Å². The second-order valence-electron chi connectivity index (χ2n) is 3.67. The third-order valence-corrected chi connectivity index (χ3v) is 1.88. The molecule has 0 radical (unpaired) electrons. The zero-order chi connectivity index (χ0) is 13.3. The van der Waals surface area contributed by atoms with Crippen LogP contribution in [0.15, 0.2) is 18.2 Å². The zero-order valence-corrected chi connectivity index (χ0v) is 8.49. The molecule has 0 bridgehead atoms. The van der Waals surface area contributed by atoms with Gasteiger partial charge in [-0.15, -0.1) is 0 Å². The molecule has 0 unspecified atom stereocenters. The number of benzene rings is 1. The Morgan fingerprint density at radius 1 is 0.765 bits per heavy atom. The Kier molecular flexibility index (Phi) is 3.59. The molecule has 0 saturated heterocycles. The van der Waals surface area contributed by atoms with Gasteiger partial charge in [0.2, 0.25) is 0 Å². The molecule has 1 aromatic carbocycles. The molecule has 0 fully saturated rings. The van der Waals surface area contributed by atoms with E-state index in [2.05, 4.69) is 0 Å². The van der Waals surface area contributed by atoms with Crippen molar-refractivity contribution in [3.8, 4) is 0 Å². The smallest absolute Gasteiger partial charge is 0.393 e. The summed E-state index contributed by atoms with van der Waals surface area (Å²) >= 11 is 0. The summed E-state index contributed by atoms with van der Waals surface area (Å²) in [5, 5.41) is 0. The number of halogens is 6. The minimum absolute atomic E-state index is 0.106. The summed E-state index contributed by atoms with van der Waals surface area (Å²) in [6.07, 6.45) is -11.5. The van der Waals surface area contributed by atoms with Crippen LogP contribution in [-0.2, 0) is 12.8 Å². The second kappa shape index (κ2) is 4.46. The molecule has 17 heavy (non-hydrogen) atoms. The normalized spacial score (nSPS) is 12.8. The molecule has 0 saturated carbocycles. The van der Waals surface area contributed by atoms with Crippen LogP contribution in [0.2, 0.25) is 0 Å². The average molecular weight is 257 g/mol. The Bertz CT molecular complexity index is 359. The maximum atomic E-state index is 12.1. The average Bonchev–Trinajstić information content (AvgIpc) is 1.93. The maximum Gasteiger partial charge on any atom is 0.393 e. The zero-order valence-electron chi connectivity index (χ0n) is 8.49. The summed E-state index contributed by atoms with van der Waals surface area (Å²) in [5.74, 6) is 0. The number of alkyl halides is 6. The second-order valence-corrected chi connectivity index (χ2v) is 3.67. The monoisotopic (exact) mass is 257 g/mol. The van der Waals surface area contributed by atoms with Gasteiger partial charge in [0.1, 0.15) is 0 Å². The fourth-order valence-corrected chi connectivity index (χ4v) is 1.46. The molecule has 0 spiro atoms. The highest BCUT2D eigenvalue weighted by Gasteiger charge is 2.30. The largest absolute Gasteiger partial charge is 0.399 e. The van der Waals surface area contributed by atoms with E-state index >= 15 is 0 Å². The Hall–Kier alpha value is -1.40. The van der Waals surface area contributed by atoms with Crippen LogP contribution >= 0.6 is 0 Å². The molecule has 0 atom stereocenters. The van der Waals surface area contributed by atoms with Crippen LogP contribution in [0.4, 0.5) is 32.0 Å². The molecule has 0 aliphatic rings. The molecule has 0 aromatic heterocycles. The van der Waals surface area contributed by atoms with Gasteiger partial charge in [0.15, 0.2) is 0 Å². The molecule has 1 rings (SSSR count). The van der Waals surface area contributed by atoms with E-state index in [1.54, 1.807) is 0 Å². The summed E-state index contributed by atoms with van der Waals surface area (Å²) in [6, 6.07) is 2.91. The first-order chi connectivity index (χ1) is 7.55. The quantitative estimate of drug-likeness (QED) is 0.637. The Morgan fingerprint density at radius 3 is 1.41 bits per heavy atom. The first-order valence-electron chi connectivity index (χ1n) is 4.57. The summed E-state index contributed by atoms with van der Waals surface area (Å²) in [6.45, 7) is 0. The topological polar surface area (TPSA) is 26.0 Å². The number of anilines is 1. The van der Waals surface area contributed by atoms with E-state index in [1.165, 1.54) is 0 Å². The maximum absolute atomic E-state index is 12.1. The SMILES string of the molecule is Nc1cc(CC(F)(F)F)cc(CC(F)(F)F)c1. The number of nitrogens with two attached hydrogens (primary N) is 1. The minimum Gasteiger partial charge on any atom is -0.399 e. The molecule has 1 nitrogen and oxygen atoms in total. The van der Waals surface area contributed by atoms with E-state index < -0.39 is 25.2 Å². The lowest BCUT2D eigenvalue weighted by Gasteiger charge is -2.11. The summed E-state index contributed by atoms with van der Waals surface area (Å²) in [7, 11) is 0. The van der Waals surface area contributed by atoms with Gasteiger partial charge < -0.3 is 5.73 Å². The van der Waals surface area contributed by atoms with E-state index in [9.17, 15) is 26.3 Å². The van der Waals surface area contributed by atoms with Crippen LogP contribution in [0, 0.1) is 0 Å². The number of rotatable bonds is 2. The van der Waals surface area contributed by atoms with E-state index in [0.717, 1.165) is 18.2 Å². The molecular weight excluding hydrogens is 248 g/mol. The lowest BCUT2D eigenvalue weighted by Crippen LogP contribution is -2.14. The predicted octanol–water partition coefficient (Wildman–Crippen LogP) is 3.48. The molecule has 1 aromatic rings. The summed E-state index contributed by atoms with van der Waals surface area (Å²) in [4.78, 5) is 0. The van der Waals surface area contributed by atoms with E-state index in [-0.39, 0.29) is 16.8 Å². The van der Waals surface area contributed by atoms with Crippen LogP contribution < -0.4 is 5.73 Å². The van der Waals surface area contributed by atoms with E-state index in [4.69, 9.17) is 5.73 Å². The molecule has 0 amide bonds. The van der Waals surface area contributed by atoms with Gasteiger partial charge >= 0.3 is 12.4 Å². The van der Waals surface area contributed by atoms with Crippen molar-refractivity contribution in [2.45, 2.75) is 25.2 Å². The fourth-order valence-electron chi connectivity index (χ4n) is 1.46. The van der Waals surface area contributed by atoms with Gasteiger partial charge in [-0.05, 0) is 23.3 Å². The number of hydrogen-bond acceptors (Lipinski definition) is 1. The lowest BCUT2D eigenvalue weighted by molar-refractivity contribution is -0.127. The molecule has 2 N–H and O–H groups in total. The molecule has 0 heterocycles. The first-order valence-corrected chi connectivity index (χ1v) is 4.57. The third-order valence-electron chi connectivity index (χ3n) is 1.88. The van der Waals surface area contributed by atoms with Crippen LogP contribution in [0.3, 0.4) is 0 Å². The molecule has 7 heteroatoms. The van der Waals surface area contributed by atoms with Gasteiger partial charge in [-0.2, -0.15) is 26.3 Å². The highest BCUT2D eigenvalue weighted by Crippen LogP contribution is 2.26. The van der Waals surface area contributed by atoms with Crippen LogP contribution in [0.1, 0.15) is 11.1 Å². The van der Waals surface area contributed by atoms with Crippen LogP contribution in [0.5, 0.6) is 0 Å². The Labute approximate surface area is 93.2 Å². The standard InChI is InChI=1S/C10H9F6N/c11-9(12,13)4-6-1-7(3-8(17)2-6)5-10(14,15)16/h1-3H,4-5,17H2. The van der Waals surface area contributed by atoms with Crippen LogP contribution in [-0.4, -0.2) is 12.4 Å². The van der Waals surface area contributed by atoms with Gasteiger partial charge in [0.25, 0.3) is 0 Å². The number of nitrogen functional groups attached to an aromatic ring is 1. The van der Waals surface area contributed by atoms with Crippen molar-refractivity contribution in [3.63, 3.8) is 0 Å². The highest BCUT2D eigenvalue weighted by atomic mass is 19.4. The molecular formula is C10H9F6N. The van der Waals surface area contributed by atoms with Gasteiger partial charge in [-0.3, -0.25) is 0 Å². The van der Waals surface area contributed by atoms with Gasteiger partial charge in [0, 0.05) is 5.69 Å². The lowest BCUT2D eigenvalue weighted by atomic mass is 10.0. The first kappa shape index (κ1) is 13.7. The predicted molar refractivity (Wildman–Crippen MR) is 50.4 cm³/mol. The molecule has 0 aliphatic carbocycles. The molecule has 0 aliphatic heterocycles. The van der Waals surface area contributed by atoms with Crippen molar-refractivity contribution in [2.75, 3.05) is 5.73 Å². The van der Waals surface area contributed by atoms with Gasteiger partial charge in [-0.25, -0.2) is 0 Å². The Balaban J connectivity index is 2.95. The van der Waals surface area contributed by atoms with Crippen molar-refractivity contribution in [3.05, 3.63) is 29.3 Å². The van der Waals surface area contributed by atoms with Gasteiger partial charge in [0.05, 0.1) is 12.8 Å². The van der Waals surface area contributed by atoms with Crippen molar-refractivity contribution < 1.29 is 26.3 Å².